The standard InChI is InChI=1S/C8H15N3O/c1-4-11-7(9-2)5-6-8(12)10-3/h4H,1,5-6H2,2-3H3,(H,9,11)(H,10,12). The van der Waals surface area contributed by atoms with Crippen molar-refractivity contribution in [2.24, 2.45) is 4.99 Å². The van der Waals surface area contributed by atoms with Crippen LogP contribution in [-0.4, -0.2) is 25.8 Å². The summed E-state index contributed by atoms with van der Waals surface area (Å²) in [4.78, 5) is 14.8. The zero-order valence-corrected chi connectivity index (χ0v) is 7.55. The van der Waals surface area contributed by atoms with Crippen LogP contribution in [0.2, 0.25) is 0 Å². The highest BCUT2D eigenvalue weighted by Crippen LogP contribution is 1.90. The van der Waals surface area contributed by atoms with Crippen molar-refractivity contribution < 1.29 is 4.79 Å². The van der Waals surface area contributed by atoms with E-state index in [1.54, 1.807) is 20.3 Å². The third-order valence-electron chi connectivity index (χ3n) is 1.41. The maximum absolute atomic E-state index is 10.8. The van der Waals surface area contributed by atoms with Gasteiger partial charge in [-0.25, -0.2) is 0 Å². The zero-order valence-electron chi connectivity index (χ0n) is 7.55. The highest BCUT2D eigenvalue weighted by atomic mass is 16.1. The molecule has 4 heteroatoms. The Morgan fingerprint density at radius 3 is 2.67 bits per heavy atom. The maximum atomic E-state index is 10.8. The summed E-state index contributed by atoms with van der Waals surface area (Å²) in [7, 11) is 3.29. The lowest BCUT2D eigenvalue weighted by molar-refractivity contribution is -0.120. The summed E-state index contributed by atoms with van der Waals surface area (Å²) in [6, 6.07) is 0. The van der Waals surface area contributed by atoms with Crippen LogP contribution < -0.4 is 10.6 Å². The van der Waals surface area contributed by atoms with E-state index in [9.17, 15) is 4.79 Å². The summed E-state index contributed by atoms with van der Waals surface area (Å²) in [6.45, 7) is 3.50. The molecule has 4 nitrogen and oxygen atoms in total. The lowest BCUT2D eigenvalue weighted by Gasteiger charge is -2.03. The minimum absolute atomic E-state index is 0.0158. The number of carbonyl (C=O) groups is 1. The number of nitrogens with one attached hydrogen (secondary N) is 2. The van der Waals surface area contributed by atoms with Gasteiger partial charge in [0.15, 0.2) is 0 Å². The average molecular weight is 169 g/mol. The van der Waals surface area contributed by atoms with E-state index < -0.39 is 0 Å². The Labute approximate surface area is 72.8 Å². The van der Waals surface area contributed by atoms with Crippen LogP contribution >= 0.6 is 0 Å². The second-order valence-corrected chi connectivity index (χ2v) is 2.19. The SMILES string of the molecule is C=CNC(CCC(=O)NC)=NC. The van der Waals surface area contributed by atoms with Gasteiger partial charge in [0.05, 0.1) is 0 Å². The molecule has 0 aromatic heterocycles. The molecule has 0 atom stereocenters. The van der Waals surface area contributed by atoms with Crippen molar-refractivity contribution in [3.05, 3.63) is 12.8 Å². The lowest BCUT2D eigenvalue weighted by Crippen LogP contribution is -2.22. The van der Waals surface area contributed by atoms with Gasteiger partial charge in [0.25, 0.3) is 0 Å². The van der Waals surface area contributed by atoms with Crippen LogP contribution in [0.5, 0.6) is 0 Å². The smallest absolute Gasteiger partial charge is 0.220 e. The average Bonchev–Trinajstić information content (AvgIpc) is 2.11. The molecule has 0 saturated carbocycles. The van der Waals surface area contributed by atoms with Crippen molar-refractivity contribution >= 4 is 11.7 Å². The molecule has 0 fully saturated rings. The fourth-order valence-corrected chi connectivity index (χ4v) is 0.723. The summed E-state index contributed by atoms with van der Waals surface area (Å²) in [6.07, 6.45) is 2.61. The molecule has 0 aromatic rings. The predicted octanol–water partition coefficient (Wildman–Crippen LogP) is 0.274. The third-order valence-corrected chi connectivity index (χ3v) is 1.41. The normalized spacial score (nSPS) is 10.7. The number of amidine groups is 1. The van der Waals surface area contributed by atoms with Crippen molar-refractivity contribution in [2.45, 2.75) is 12.8 Å². The first-order valence-corrected chi connectivity index (χ1v) is 3.78. The fraction of sp³-hybridized carbons (Fsp3) is 0.500. The van der Waals surface area contributed by atoms with Crippen molar-refractivity contribution in [3.8, 4) is 0 Å². The first kappa shape index (κ1) is 10.7. The topological polar surface area (TPSA) is 53.5 Å². The Kier molecular flexibility index (Phi) is 5.69. The third kappa shape index (κ3) is 4.49. The Hall–Kier alpha value is -1.32. The summed E-state index contributed by atoms with van der Waals surface area (Å²) in [5.74, 6) is 0.788. The van der Waals surface area contributed by atoms with E-state index in [-0.39, 0.29) is 5.91 Å². The Morgan fingerprint density at radius 1 is 1.58 bits per heavy atom. The van der Waals surface area contributed by atoms with Gasteiger partial charge in [0, 0.05) is 26.9 Å². The molecule has 0 aliphatic carbocycles. The van der Waals surface area contributed by atoms with E-state index in [0.29, 0.717) is 12.8 Å². The number of amides is 1. The van der Waals surface area contributed by atoms with Gasteiger partial charge >= 0.3 is 0 Å². The number of carbonyl (C=O) groups excluding carboxylic acids is 1. The minimum Gasteiger partial charge on any atom is -0.359 e. The largest absolute Gasteiger partial charge is 0.359 e. The van der Waals surface area contributed by atoms with Crippen molar-refractivity contribution in [2.75, 3.05) is 14.1 Å². The first-order valence-electron chi connectivity index (χ1n) is 3.78. The highest BCUT2D eigenvalue weighted by molar-refractivity contribution is 5.87. The van der Waals surface area contributed by atoms with Crippen molar-refractivity contribution in [3.63, 3.8) is 0 Å². The van der Waals surface area contributed by atoms with Gasteiger partial charge in [0.2, 0.25) is 5.91 Å². The van der Waals surface area contributed by atoms with Crippen molar-refractivity contribution in [1.29, 1.82) is 0 Å². The van der Waals surface area contributed by atoms with Gasteiger partial charge < -0.3 is 10.6 Å². The fourth-order valence-electron chi connectivity index (χ4n) is 0.723. The Bertz CT molecular complexity index is 187. The summed E-state index contributed by atoms with van der Waals surface area (Å²) in [5.41, 5.74) is 0. The van der Waals surface area contributed by atoms with Gasteiger partial charge in [-0.3, -0.25) is 9.79 Å². The molecule has 68 valence electrons. The number of rotatable bonds is 4. The molecule has 0 aromatic carbocycles. The van der Waals surface area contributed by atoms with Gasteiger partial charge in [-0.1, -0.05) is 6.58 Å². The van der Waals surface area contributed by atoms with Crippen LogP contribution in [0.15, 0.2) is 17.8 Å². The number of aliphatic imine (C=N–C) groups is 1. The van der Waals surface area contributed by atoms with Crippen LogP contribution in [0.25, 0.3) is 0 Å². The summed E-state index contributed by atoms with van der Waals surface area (Å²) >= 11 is 0. The molecule has 0 bridgehead atoms. The zero-order chi connectivity index (χ0) is 9.40. The van der Waals surface area contributed by atoms with Gasteiger partial charge in [-0.2, -0.15) is 0 Å². The molecule has 0 unspecified atom stereocenters. The van der Waals surface area contributed by atoms with E-state index in [0.717, 1.165) is 5.84 Å². The number of hydrogen-bond donors (Lipinski definition) is 2. The molecule has 0 aliphatic heterocycles. The van der Waals surface area contributed by atoms with Crippen LogP contribution in [0.3, 0.4) is 0 Å². The number of nitrogens with zero attached hydrogens (tertiary/aromatic N) is 1. The second kappa shape index (κ2) is 6.39. The quantitative estimate of drug-likeness (QED) is 0.469. The lowest BCUT2D eigenvalue weighted by atomic mass is 10.3. The van der Waals surface area contributed by atoms with Crippen LogP contribution in [0, 0.1) is 0 Å². The van der Waals surface area contributed by atoms with Crippen molar-refractivity contribution in [1.82, 2.24) is 10.6 Å². The molecule has 0 radical (unpaired) electrons. The molecule has 0 heterocycles. The molecule has 0 saturated heterocycles. The molecule has 2 N–H and O–H groups in total. The maximum Gasteiger partial charge on any atom is 0.220 e. The molecule has 0 rings (SSSR count). The van der Waals surface area contributed by atoms with Crippen LogP contribution in [-0.2, 0) is 4.79 Å². The monoisotopic (exact) mass is 169 g/mol. The summed E-state index contributed by atoms with van der Waals surface area (Å²) < 4.78 is 0. The molecule has 12 heavy (non-hydrogen) atoms. The van der Waals surface area contributed by atoms with E-state index >= 15 is 0 Å². The van der Waals surface area contributed by atoms with Crippen LogP contribution in [0.4, 0.5) is 0 Å². The molecular weight excluding hydrogens is 154 g/mol. The van der Waals surface area contributed by atoms with Crippen LogP contribution in [0.1, 0.15) is 12.8 Å². The van der Waals surface area contributed by atoms with Gasteiger partial charge in [0.1, 0.15) is 5.84 Å². The highest BCUT2D eigenvalue weighted by Gasteiger charge is 2.00. The first-order chi connectivity index (χ1) is 5.74. The minimum atomic E-state index is 0.0158. The molecular formula is C8H15N3O. The van der Waals surface area contributed by atoms with E-state index in [1.807, 2.05) is 0 Å². The molecule has 1 amide bonds. The molecule has 0 spiro atoms. The number of hydrogen-bond acceptors (Lipinski definition) is 2. The van der Waals surface area contributed by atoms with E-state index in [2.05, 4.69) is 22.2 Å². The molecule has 0 aliphatic rings. The second-order valence-electron chi connectivity index (χ2n) is 2.19. The Morgan fingerprint density at radius 2 is 2.25 bits per heavy atom. The Balaban J connectivity index is 3.73. The predicted molar refractivity (Wildman–Crippen MR) is 50.0 cm³/mol. The van der Waals surface area contributed by atoms with E-state index in [4.69, 9.17) is 0 Å². The summed E-state index contributed by atoms with van der Waals surface area (Å²) in [5, 5.41) is 5.38. The van der Waals surface area contributed by atoms with Gasteiger partial charge in [-0.05, 0) is 6.20 Å². The van der Waals surface area contributed by atoms with Gasteiger partial charge in [-0.15, -0.1) is 0 Å². The van der Waals surface area contributed by atoms with E-state index in [1.165, 1.54) is 0 Å².